The third-order valence-electron chi connectivity index (χ3n) is 5.55. The zero-order chi connectivity index (χ0) is 22.9. The highest BCUT2D eigenvalue weighted by Crippen LogP contribution is 2.39. The zero-order valence-electron chi connectivity index (χ0n) is 16.5. The molecule has 3 rings (SSSR count). The highest BCUT2D eigenvalue weighted by Gasteiger charge is 2.53. The quantitative estimate of drug-likeness (QED) is 0.438. The SMILES string of the molecule is COc1ccc(Cc2cc(C3OC(CO)(CO)[C@@H](O)[C@H](O)[C@H]3O)ccc2Cl)c(F)c1F. The highest BCUT2D eigenvalue weighted by atomic mass is 35.5. The van der Waals surface area contributed by atoms with Crippen molar-refractivity contribution in [2.75, 3.05) is 20.3 Å². The molecule has 1 fully saturated rings. The van der Waals surface area contributed by atoms with Gasteiger partial charge in [0.05, 0.1) is 20.3 Å². The van der Waals surface area contributed by atoms with Crippen LogP contribution in [0.2, 0.25) is 5.02 Å². The number of hydrogen-bond donors (Lipinski definition) is 5. The molecule has 0 saturated carbocycles. The van der Waals surface area contributed by atoms with Crippen molar-refractivity contribution in [1.82, 2.24) is 0 Å². The number of ether oxygens (including phenoxy) is 2. The fourth-order valence-corrected chi connectivity index (χ4v) is 3.81. The molecular weight excluding hydrogens is 438 g/mol. The molecule has 0 aliphatic carbocycles. The topological polar surface area (TPSA) is 120 Å². The molecule has 0 aromatic heterocycles. The first-order chi connectivity index (χ1) is 14.7. The Morgan fingerprint density at radius 1 is 1.00 bits per heavy atom. The van der Waals surface area contributed by atoms with Crippen molar-refractivity contribution in [3.05, 3.63) is 63.7 Å². The molecule has 5 N–H and O–H groups in total. The molecular formula is C21H23ClF2O7. The van der Waals surface area contributed by atoms with Gasteiger partial charge in [0.15, 0.2) is 11.6 Å². The van der Waals surface area contributed by atoms with Crippen molar-refractivity contribution in [2.24, 2.45) is 0 Å². The smallest absolute Gasteiger partial charge is 0.200 e. The molecule has 1 unspecified atom stereocenters. The van der Waals surface area contributed by atoms with Crippen molar-refractivity contribution in [3.8, 4) is 5.75 Å². The lowest BCUT2D eigenvalue weighted by Crippen LogP contribution is -2.65. The van der Waals surface area contributed by atoms with E-state index in [0.717, 1.165) is 0 Å². The number of benzene rings is 2. The van der Waals surface area contributed by atoms with Gasteiger partial charge in [-0.25, -0.2) is 4.39 Å². The van der Waals surface area contributed by atoms with E-state index in [1.54, 1.807) is 0 Å². The van der Waals surface area contributed by atoms with Crippen molar-refractivity contribution >= 4 is 11.6 Å². The molecule has 1 aliphatic heterocycles. The van der Waals surface area contributed by atoms with E-state index in [0.29, 0.717) is 11.1 Å². The predicted octanol–water partition coefficient (Wildman–Crippen LogP) is 1.09. The van der Waals surface area contributed by atoms with Crippen LogP contribution in [0.1, 0.15) is 22.8 Å². The van der Waals surface area contributed by atoms with Gasteiger partial charge in [-0.05, 0) is 28.8 Å². The minimum atomic E-state index is -1.91. The van der Waals surface area contributed by atoms with Crippen molar-refractivity contribution in [1.29, 1.82) is 0 Å². The maximum absolute atomic E-state index is 14.4. The van der Waals surface area contributed by atoms with E-state index in [2.05, 4.69) is 0 Å². The van der Waals surface area contributed by atoms with E-state index in [4.69, 9.17) is 21.1 Å². The van der Waals surface area contributed by atoms with Crippen LogP contribution in [0.4, 0.5) is 8.78 Å². The summed E-state index contributed by atoms with van der Waals surface area (Å²) in [6.45, 7) is -1.64. The summed E-state index contributed by atoms with van der Waals surface area (Å²) in [6, 6.07) is 7.05. The van der Waals surface area contributed by atoms with Gasteiger partial charge in [0, 0.05) is 11.4 Å². The maximum Gasteiger partial charge on any atom is 0.200 e. The second-order valence-electron chi connectivity index (χ2n) is 7.43. The number of halogens is 3. The van der Waals surface area contributed by atoms with Crippen LogP contribution in [0, 0.1) is 11.6 Å². The first-order valence-electron chi connectivity index (χ1n) is 9.42. The number of aliphatic hydroxyl groups is 5. The zero-order valence-corrected chi connectivity index (χ0v) is 17.3. The third kappa shape index (κ3) is 4.27. The summed E-state index contributed by atoms with van der Waals surface area (Å²) in [5.41, 5.74) is -1.23. The van der Waals surface area contributed by atoms with Gasteiger partial charge in [-0.2, -0.15) is 4.39 Å². The lowest BCUT2D eigenvalue weighted by molar-refractivity contribution is -0.289. The second kappa shape index (κ2) is 9.33. The van der Waals surface area contributed by atoms with Gasteiger partial charge in [0.25, 0.3) is 0 Å². The van der Waals surface area contributed by atoms with Crippen LogP contribution in [0.25, 0.3) is 0 Å². The van der Waals surface area contributed by atoms with Gasteiger partial charge in [0.2, 0.25) is 5.82 Å². The first-order valence-corrected chi connectivity index (χ1v) is 9.79. The van der Waals surface area contributed by atoms with Gasteiger partial charge in [-0.15, -0.1) is 0 Å². The van der Waals surface area contributed by atoms with Gasteiger partial charge < -0.3 is 35.0 Å². The van der Waals surface area contributed by atoms with Crippen LogP contribution < -0.4 is 4.74 Å². The molecule has 2 aromatic carbocycles. The van der Waals surface area contributed by atoms with Crippen molar-refractivity contribution in [3.63, 3.8) is 0 Å². The van der Waals surface area contributed by atoms with Crippen molar-refractivity contribution in [2.45, 2.75) is 36.4 Å². The largest absolute Gasteiger partial charge is 0.494 e. The number of methoxy groups -OCH3 is 1. The molecule has 0 amide bonds. The molecule has 7 nitrogen and oxygen atoms in total. The number of rotatable bonds is 6. The van der Waals surface area contributed by atoms with E-state index < -0.39 is 54.9 Å². The molecule has 0 spiro atoms. The van der Waals surface area contributed by atoms with Gasteiger partial charge in [-0.1, -0.05) is 29.8 Å². The first kappa shape index (κ1) is 23.8. The summed E-state index contributed by atoms with van der Waals surface area (Å²) in [5, 5.41) is 50.3. The molecule has 1 aliphatic rings. The Morgan fingerprint density at radius 2 is 1.68 bits per heavy atom. The van der Waals surface area contributed by atoms with Crippen LogP contribution in [0.5, 0.6) is 5.75 Å². The Hall–Kier alpha value is -1.85. The second-order valence-corrected chi connectivity index (χ2v) is 7.84. The van der Waals surface area contributed by atoms with Crippen LogP contribution in [0.3, 0.4) is 0 Å². The maximum atomic E-state index is 14.4. The number of aliphatic hydroxyl groups excluding tert-OH is 5. The lowest BCUT2D eigenvalue weighted by Gasteiger charge is -2.47. The monoisotopic (exact) mass is 460 g/mol. The summed E-state index contributed by atoms with van der Waals surface area (Å²) >= 11 is 6.22. The van der Waals surface area contributed by atoms with E-state index in [9.17, 15) is 34.3 Å². The normalized spacial score (nSPS) is 25.5. The Kier molecular flexibility index (Phi) is 7.17. The summed E-state index contributed by atoms with van der Waals surface area (Å²) in [4.78, 5) is 0. The van der Waals surface area contributed by atoms with Gasteiger partial charge in [-0.3, -0.25) is 0 Å². The summed E-state index contributed by atoms with van der Waals surface area (Å²) in [7, 11) is 1.22. The molecule has 2 aromatic rings. The Morgan fingerprint density at radius 3 is 2.29 bits per heavy atom. The molecule has 170 valence electrons. The van der Waals surface area contributed by atoms with E-state index in [-0.39, 0.29) is 22.8 Å². The van der Waals surface area contributed by atoms with Crippen LogP contribution >= 0.6 is 11.6 Å². The molecule has 10 heteroatoms. The third-order valence-corrected chi connectivity index (χ3v) is 5.91. The van der Waals surface area contributed by atoms with E-state index >= 15 is 0 Å². The summed E-state index contributed by atoms with van der Waals surface area (Å²) in [6.07, 6.45) is -6.39. The Bertz CT molecular complexity index is 938. The fourth-order valence-electron chi connectivity index (χ4n) is 3.62. The fraction of sp³-hybridized carbons (Fsp3) is 0.429. The molecule has 0 bridgehead atoms. The molecule has 4 atom stereocenters. The molecule has 0 radical (unpaired) electrons. The molecule has 31 heavy (non-hydrogen) atoms. The molecule has 1 heterocycles. The summed E-state index contributed by atoms with van der Waals surface area (Å²) < 4.78 is 38.8. The van der Waals surface area contributed by atoms with Crippen LogP contribution in [0.15, 0.2) is 30.3 Å². The minimum Gasteiger partial charge on any atom is -0.494 e. The Labute approximate surface area is 182 Å². The predicted molar refractivity (Wildman–Crippen MR) is 106 cm³/mol. The molecule has 1 saturated heterocycles. The van der Waals surface area contributed by atoms with Gasteiger partial charge >= 0.3 is 0 Å². The highest BCUT2D eigenvalue weighted by molar-refractivity contribution is 6.31. The van der Waals surface area contributed by atoms with E-state index in [1.807, 2.05) is 0 Å². The standard InChI is InChI=1S/C21H23ClF2O7/c1-30-14-5-3-10(15(23)16(14)24)6-12-7-11(2-4-13(12)22)19-17(27)18(28)20(29)21(8-25,9-26)31-19/h2-5,7,17-20,25-29H,6,8-9H2,1H3/t17-,18-,19?,20+/m1/s1. The van der Waals surface area contributed by atoms with Gasteiger partial charge in [0.1, 0.15) is 30.0 Å². The summed E-state index contributed by atoms with van der Waals surface area (Å²) in [5.74, 6) is -2.46. The van der Waals surface area contributed by atoms with Crippen molar-refractivity contribution < 1.29 is 43.8 Å². The van der Waals surface area contributed by atoms with Crippen LogP contribution in [-0.2, 0) is 11.2 Å². The van der Waals surface area contributed by atoms with Crippen LogP contribution in [-0.4, -0.2) is 69.8 Å². The number of hydrogen-bond acceptors (Lipinski definition) is 7. The lowest BCUT2D eigenvalue weighted by atomic mass is 9.83. The Balaban J connectivity index is 1.96. The van der Waals surface area contributed by atoms with E-state index in [1.165, 1.54) is 37.4 Å². The average molecular weight is 461 g/mol. The minimum absolute atomic E-state index is 0.0120. The average Bonchev–Trinajstić information content (AvgIpc) is 2.78.